The SMILES string of the molecule is O=C(C1CSc2ccccc21)N(CCO)CC(F)F. The van der Waals surface area contributed by atoms with Gasteiger partial charge in [0.05, 0.1) is 19.1 Å². The smallest absolute Gasteiger partial charge is 0.255 e. The van der Waals surface area contributed by atoms with E-state index in [0.29, 0.717) is 5.75 Å². The molecule has 1 unspecified atom stereocenters. The zero-order valence-electron chi connectivity index (χ0n) is 10.3. The van der Waals surface area contributed by atoms with Crippen molar-refractivity contribution in [1.82, 2.24) is 4.90 Å². The molecule has 104 valence electrons. The van der Waals surface area contributed by atoms with Gasteiger partial charge in [-0.25, -0.2) is 8.78 Å². The van der Waals surface area contributed by atoms with E-state index >= 15 is 0 Å². The highest BCUT2D eigenvalue weighted by molar-refractivity contribution is 7.99. The summed E-state index contributed by atoms with van der Waals surface area (Å²) in [7, 11) is 0. The summed E-state index contributed by atoms with van der Waals surface area (Å²) in [5.41, 5.74) is 0.898. The molecule has 0 aliphatic carbocycles. The Morgan fingerprint density at radius 1 is 1.47 bits per heavy atom. The molecule has 0 bridgehead atoms. The summed E-state index contributed by atoms with van der Waals surface area (Å²) in [4.78, 5) is 14.4. The zero-order valence-corrected chi connectivity index (χ0v) is 11.1. The number of carbonyl (C=O) groups is 1. The number of hydrogen-bond donors (Lipinski definition) is 1. The number of halogens is 2. The van der Waals surface area contributed by atoms with E-state index < -0.39 is 13.0 Å². The zero-order chi connectivity index (χ0) is 13.8. The molecule has 0 radical (unpaired) electrons. The summed E-state index contributed by atoms with van der Waals surface area (Å²) >= 11 is 1.56. The van der Waals surface area contributed by atoms with Crippen LogP contribution in [0.1, 0.15) is 11.5 Å². The van der Waals surface area contributed by atoms with Crippen LogP contribution in [0.25, 0.3) is 0 Å². The fourth-order valence-electron chi connectivity index (χ4n) is 2.17. The predicted octanol–water partition coefficient (Wildman–Crippen LogP) is 1.96. The molecular weight excluding hydrogens is 272 g/mol. The minimum atomic E-state index is -2.58. The lowest BCUT2D eigenvalue weighted by atomic mass is 10.00. The number of nitrogens with zero attached hydrogens (tertiary/aromatic N) is 1. The fourth-order valence-corrected chi connectivity index (χ4v) is 3.39. The molecule has 0 fully saturated rings. The maximum Gasteiger partial charge on any atom is 0.255 e. The molecule has 6 heteroatoms. The Bertz CT molecular complexity index is 456. The third-order valence-electron chi connectivity index (χ3n) is 3.04. The second-order valence-corrected chi connectivity index (χ2v) is 5.36. The molecule has 1 aromatic carbocycles. The molecule has 3 nitrogen and oxygen atoms in total. The minimum absolute atomic E-state index is 0.0491. The van der Waals surface area contributed by atoms with E-state index in [2.05, 4.69) is 0 Å². The van der Waals surface area contributed by atoms with E-state index in [1.54, 1.807) is 11.8 Å². The summed E-state index contributed by atoms with van der Waals surface area (Å²) in [5, 5.41) is 8.89. The minimum Gasteiger partial charge on any atom is -0.395 e. The number of carbonyl (C=O) groups excluding carboxylic acids is 1. The van der Waals surface area contributed by atoms with Crippen LogP contribution in [0.5, 0.6) is 0 Å². The first-order valence-corrected chi connectivity index (χ1v) is 7.01. The number of benzene rings is 1. The van der Waals surface area contributed by atoms with Crippen LogP contribution in [0.15, 0.2) is 29.2 Å². The van der Waals surface area contributed by atoms with Gasteiger partial charge in [0.1, 0.15) is 0 Å². The number of hydrogen-bond acceptors (Lipinski definition) is 3. The first kappa shape index (κ1) is 14.3. The average molecular weight is 287 g/mol. The van der Waals surface area contributed by atoms with Crippen molar-refractivity contribution in [2.75, 3.05) is 25.4 Å². The molecule has 1 aromatic rings. The lowest BCUT2D eigenvalue weighted by Gasteiger charge is -2.24. The van der Waals surface area contributed by atoms with E-state index in [4.69, 9.17) is 5.11 Å². The lowest BCUT2D eigenvalue weighted by Crippen LogP contribution is -2.40. The number of alkyl halides is 2. The van der Waals surface area contributed by atoms with E-state index in [-0.39, 0.29) is 25.0 Å². The van der Waals surface area contributed by atoms with Crippen molar-refractivity contribution in [2.45, 2.75) is 17.2 Å². The van der Waals surface area contributed by atoms with Crippen molar-refractivity contribution in [1.29, 1.82) is 0 Å². The first-order chi connectivity index (χ1) is 9.13. The predicted molar refractivity (Wildman–Crippen MR) is 69.6 cm³/mol. The van der Waals surface area contributed by atoms with Crippen molar-refractivity contribution >= 4 is 17.7 Å². The molecule has 1 amide bonds. The Hall–Kier alpha value is -1.14. The van der Waals surface area contributed by atoms with Gasteiger partial charge >= 0.3 is 0 Å². The van der Waals surface area contributed by atoms with Gasteiger partial charge in [-0.15, -0.1) is 11.8 Å². The first-order valence-electron chi connectivity index (χ1n) is 6.03. The molecule has 0 aromatic heterocycles. The number of amides is 1. The molecule has 2 rings (SSSR count). The van der Waals surface area contributed by atoms with Crippen LogP contribution in [-0.4, -0.2) is 47.8 Å². The number of aliphatic hydroxyl groups excluding tert-OH is 1. The molecule has 1 aliphatic heterocycles. The van der Waals surface area contributed by atoms with Gasteiger partial charge in [0.25, 0.3) is 6.43 Å². The summed E-state index contributed by atoms with van der Waals surface area (Å²) in [6.07, 6.45) is -2.58. The molecule has 0 saturated heterocycles. The third kappa shape index (κ3) is 3.25. The fraction of sp³-hybridized carbons (Fsp3) is 0.462. The molecule has 0 saturated carbocycles. The van der Waals surface area contributed by atoms with Crippen molar-refractivity contribution in [2.24, 2.45) is 0 Å². The monoisotopic (exact) mass is 287 g/mol. The summed E-state index contributed by atoms with van der Waals surface area (Å²) in [6, 6.07) is 7.52. The second kappa shape index (κ2) is 6.34. The number of thioether (sulfide) groups is 1. The molecule has 1 aliphatic rings. The normalized spacial score (nSPS) is 17.6. The van der Waals surface area contributed by atoms with E-state index in [1.165, 1.54) is 0 Å². The van der Waals surface area contributed by atoms with Crippen LogP contribution in [0.2, 0.25) is 0 Å². The molecule has 1 atom stereocenters. The van der Waals surface area contributed by atoms with Crippen molar-refractivity contribution in [3.8, 4) is 0 Å². The Morgan fingerprint density at radius 3 is 2.89 bits per heavy atom. The number of fused-ring (bicyclic) bond motifs is 1. The molecule has 0 spiro atoms. The number of aliphatic hydroxyl groups is 1. The highest BCUT2D eigenvalue weighted by Crippen LogP contribution is 2.40. The van der Waals surface area contributed by atoms with Crippen LogP contribution < -0.4 is 0 Å². The summed E-state index contributed by atoms with van der Waals surface area (Å²) in [5.74, 6) is -0.137. The second-order valence-electron chi connectivity index (χ2n) is 4.30. The van der Waals surface area contributed by atoms with Crippen LogP contribution in [-0.2, 0) is 4.79 Å². The van der Waals surface area contributed by atoms with Crippen LogP contribution in [0.4, 0.5) is 8.78 Å². The van der Waals surface area contributed by atoms with Crippen molar-refractivity contribution in [3.05, 3.63) is 29.8 Å². The van der Waals surface area contributed by atoms with Crippen LogP contribution in [0, 0.1) is 0 Å². The number of rotatable bonds is 5. The van der Waals surface area contributed by atoms with Crippen molar-refractivity contribution in [3.63, 3.8) is 0 Å². The maximum absolute atomic E-state index is 12.5. The Balaban J connectivity index is 2.14. The van der Waals surface area contributed by atoms with Gasteiger partial charge in [0.15, 0.2) is 0 Å². The standard InChI is InChI=1S/C13H15F2NO2S/c14-12(15)7-16(5-6-17)13(18)10-8-19-11-4-2-1-3-9(10)11/h1-4,10,12,17H,5-8H2. The highest BCUT2D eigenvalue weighted by Gasteiger charge is 2.32. The van der Waals surface area contributed by atoms with E-state index in [0.717, 1.165) is 15.4 Å². The summed E-state index contributed by atoms with van der Waals surface area (Å²) in [6.45, 7) is -0.977. The highest BCUT2D eigenvalue weighted by atomic mass is 32.2. The lowest BCUT2D eigenvalue weighted by molar-refractivity contribution is -0.134. The quantitative estimate of drug-likeness (QED) is 0.900. The topological polar surface area (TPSA) is 40.5 Å². The van der Waals surface area contributed by atoms with Gasteiger partial charge in [-0.1, -0.05) is 18.2 Å². The van der Waals surface area contributed by atoms with Crippen molar-refractivity contribution < 1.29 is 18.7 Å². The van der Waals surface area contributed by atoms with Gasteiger partial charge in [0, 0.05) is 17.2 Å². The van der Waals surface area contributed by atoms with Crippen LogP contribution >= 0.6 is 11.8 Å². The molecular formula is C13H15F2NO2S. The Kier molecular flexibility index (Phi) is 4.76. The van der Waals surface area contributed by atoms with Gasteiger partial charge in [-0.05, 0) is 11.6 Å². The average Bonchev–Trinajstić information content (AvgIpc) is 2.80. The largest absolute Gasteiger partial charge is 0.395 e. The van der Waals surface area contributed by atoms with E-state index in [1.807, 2.05) is 24.3 Å². The molecule has 1 heterocycles. The van der Waals surface area contributed by atoms with Crippen LogP contribution in [0.3, 0.4) is 0 Å². The molecule has 1 N–H and O–H groups in total. The van der Waals surface area contributed by atoms with Gasteiger partial charge < -0.3 is 10.0 Å². The van der Waals surface area contributed by atoms with E-state index in [9.17, 15) is 13.6 Å². The van der Waals surface area contributed by atoms with Gasteiger partial charge in [0.2, 0.25) is 5.91 Å². The van der Waals surface area contributed by atoms with Gasteiger partial charge in [-0.3, -0.25) is 4.79 Å². The Morgan fingerprint density at radius 2 is 2.21 bits per heavy atom. The third-order valence-corrected chi connectivity index (χ3v) is 4.22. The Labute approximate surface area is 114 Å². The molecule has 19 heavy (non-hydrogen) atoms. The maximum atomic E-state index is 12.5. The van der Waals surface area contributed by atoms with Gasteiger partial charge in [-0.2, -0.15) is 0 Å². The summed E-state index contributed by atoms with van der Waals surface area (Å²) < 4.78 is 24.9.